The molecular weight excluding hydrogens is 500 g/mol. The van der Waals surface area contributed by atoms with E-state index < -0.39 is 17.5 Å². The maximum Gasteiger partial charge on any atom is 0.274 e. The Bertz CT molecular complexity index is 1990. The molecular formula is C26H20N10O3. The van der Waals surface area contributed by atoms with Crippen LogP contribution >= 0.6 is 0 Å². The maximum atomic E-state index is 13.9. The van der Waals surface area contributed by atoms with Gasteiger partial charge in [0.25, 0.3) is 17.2 Å². The fraction of sp³-hybridized carbons (Fsp3) is 0.115. The molecule has 0 aliphatic heterocycles. The number of rotatable bonds is 4. The number of aromatic nitrogens is 8. The van der Waals surface area contributed by atoms with E-state index in [4.69, 9.17) is 10.3 Å². The van der Waals surface area contributed by atoms with Crippen molar-refractivity contribution in [3.63, 3.8) is 0 Å². The van der Waals surface area contributed by atoms with Gasteiger partial charge in [-0.05, 0) is 37.1 Å². The molecule has 3 N–H and O–H groups in total. The van der Waals surface area contributed by atoms with Crippen molar-refractivity contribution in [3.05, 3.63) is 94.2 Å². The normalized spacial score (nSPS) is 11.8. The number of imidazole rings is 1. The first-order valence-corrected chi connectivity index (χ1v) is 11.8. The number of fused-ring (bicyclic) bond motifs is 2. The monoisotopic (exact) mass is 520 g/mol. The number of hydrogen-bond acceptors (Lipinski definition) is 9. The average Bonchev–Trinajstić information content (AvgIpc) is 3.63. The second-order valence-electron chi connectivity index (χ2n) is 8.64. The Morgan fingerprint density at radius 2 is 1.92 bits per heavy atom. The first-order chi connectivity index (χ1) is 18.9. The van der Waals surface area contributed by atoms with Crippen LogP contribution in [0.4, 0.5) is 5.82 Å². The Labute approximate surface area is 219 Å². The summed E-state index contributed by atoms with van der Waals surface area (Å²) in [6.07, 6.45) is 4.87. The third kappa shape index (κ3) is 4.15. The molecule has 0 aliphatic rings. The molecule has 6 rings (SSSR count). The average molecular weight is 521 g/mol. The van der Waals surface area contributed by atoms with Crippen LogP contribution in [0.5, 0.6) is 0 Å². The highest BCUT2D eigenvalue weighted by molar-refractivity contribution is 5.98. The van der Waals surface area contributed by atoms with Crippen LogP contribution in [0.2, 0.25) is 0 Å². The van der Waals surface area contributed by atoms with Gasteiger partial charge in [0.2, 0.25) is 0 Å². The topological polar surface area (TPSA) is 164 Å². The van der Waals surface area contributed by atoms with Gasteiger partial charge in [0.05, 0.1) is 23.5 Å². The quantitative estimate of drug-likeness (QED) is 0.329. The number of carbonyl (C=O) groups excluding carboxylic acids is 1. The summed E-state index contributed by atoms with van der Waals surface area (Å²) in [7, 11) is 1.78. The van der Waals surface area contributed by atoms with Crippen LogP contribution in [-0.4, -0.2) is 45.0 Å². The summed E-state index contributed by atoms with van der Waals surface area (Å²) in [5.41, 5.74) is 7.39. The number of nitrogens with two attached hydrogens (primary N) is 1. The van der Waals surface area contributed by atoms with Crippen molar-refractivity contribution in [2.75, 3.05) is 5.73 Å². The predicted octanol–water partition coefficient (Wildman–Crippen LogP) is 1.62. The van der Waals surface area contributed by atoms with Gasteiger partial charge in [-0.1, -0.05) is 29.3 Å². The highest BCUT2D eigenvalue weighted by Gasteiger charge is 2.26. The Morgan fingerprint density at radius 3 is 2.69 bits per heavy atom. The Hall–Kier alpha value is -5.77. The summed E-state index contributed by atoms with van der Waals surface area (Å²) < 4.78 is 9.77. The number of nitrogen functional groups attached to an aromatic ring is 1. The molecule has 192 valence electrons. The van der Waals surface area contributed by atoms with E-state index in [0.717, 1.165) is 0 Å². The van der Waals surface area contributed by atoms with Crippen LogP contribution in [0.25, 0.3) is 22.4 Å². The molecule has 0 saturated carbocycles. The van der Waals surface area contributed by atoms with Gasteiger partial charge in [-0.25, -0.2) is 9.50 Å². The van der Waals surface area contributed by atoms with Crippen LogP contribution in [0.1, 0.15) is 40.5 Å². The van der Waals surface area contributed by atoms with Crippen molar-refractivity contribution < 1.29 is 9.32 Å². The Balaban J connectivity index is 1.45. The Morgan fingerprint density at radius 1 is 1.10 bits per heavy atom. The molecule has 39 heavy (non-hydrogen) atoms. The number of carbonyl (C=O) groups is 1. The van der Waals surface area contributed by atoms with Crippen LogP contribution in [0.15, 0.2) is 70.4 Å². The van der Waals surface area contributed by atoms with E-state index in [0.29, 0.717) is 16.9 Å². The van der Waals surface area contributed by atoms with Gasteiger partial charge in [0.1, 0.15) is 11.2 Å². The second-order valence-corrected chi connectivity index (χ2v) is 8.64. The Kier molecular flexibility index (Phi) is 5.61. The fourth-order valence-electron chi connectivity index (χ4n) is 4.19. The van der Waals surface area contributed by atoms with Gasteiger partial charge in [0.15, 0.2) is 22.9 Å². The molecule has 0 saturated heterocycles. The summed E-state index contributed by atoms with van der Waals surface area (Å²) in [6, 6.07) is 11.5. The summed E-state index contributed by atoms with van der Waals surface area (Å²) >= 11 is 0. The molecule has 1 unspecified atom stereocenters. The number of amides is 1. The lowest BCUT2D eigenvalue weighted by Crippen LogP contribution is -2.34. The van der Waals surface area contributed by atoms with Gasteiger partial charge in [-0.15, -0.1) is 0 Å². The van der Waals surface area contributed by atoms with Crippen LogP contribution in [0, 0.1) is 11.8 Å². The highest BCUT2D eigenvalue weighted by atomic mass is 16.5. The number of aryl methyl sites for hydroxylation is 1. The van der Waals surface area contributed by atoms with Crippen molar-refractivity contribution in [1.29, 1.82) is 0 Å². The van der Waals surface area contributed by atoms with Crippen molar-refractivity contribution in [3.8, 4) is 17.5 Å². The van der Waals surface area contributed by atoms with E-state index in [1.165, 1.54) is 15.3 Å². The van der Waals surface area contributed by atoms with Crippen LogP contribution in [0.3, 0.4) is 0 Å². The minimum atomic E-state index is -0.765. The third-order valence-electron chi connectivity index (χ3n) is 5.95. The highest BCUT2D eigenvalue weighted by Crippen LogP contribution is 2.21. The van der Waals surface area contributed by atoms with Crippen molar-refractivity contribution >= 4 is 28.5 Å². The molecule has 13 heteroatoms. The summed E-state index contributed by atoms with van der Waals surface area (Å²) in [5.74, 6) is 5.51. The number of anilines is 1. The lowest BCUT2D eigenvalue weighted by molar-refractivity contribution is 0.0931. The molecule has 6 aromatic rings. The molecule has 0 radical (unpaired) electrons. The van der Waals surface area contributed by atoms with E-state index in [-0.39, 0.29) is 34.1 Å². The summed E-state index contributed by atoms with van der Waals surface area (Å²) in [5, 5.41) is 15.2. The van der Waals surface area contributed by atoms with E-state index in [1.54, 1.807) is 67.4 Å². The number of hydrogen-bond donors (Lipinski definition) is 2. The van der Waals surface area contributed by atoms with Gasteiger partial charge in [0, 0.05) is 19.4 Å². The van der Waals surface area contributed by atoms with E-state index in [9.17, 15) is 9.59 Å². The van der Waals surface area contributed by atoms with E-state index >= 15 is 0 Å². The zero-order valence-corrected chi connectivity index (χ0v) is 20.7. The first-order valence-electron chi connectivity index (χ1n) is 11.8. The molecule has 1 aromatic carbocycles. The number of nitrogens with zero attached hydrogens (tertiary/aromatic N) is 8. The zero-order chi connectivity index (χ0) is 27.1. The SMILES string of the molecule is CC(NC(=O)c1c(N)nc2cccnn12)c1nc2onc(C#Cc3cnn(C)c3)c2c(=O)n1-c1ccccc1. The molecule has 5 heterocycles. The van der Waals surface area contributed by atoms with Gasteiger partial charge in [-0.3, -0.25) is 18.8 Å². The van der Waals surface area contributed by atoms with Gasteiger partial charge < -0.3 is 15.6 Å². The van der Waals surface area contributed by atoms with Crippen LogP contribution in [-0.2, 0) is 7.05 Å². The molecule has 0 spiro atoms. The summed E-state index contributed by atoms with van der Waals surface area (Å²) in [4.78, 5) is 35.9. The summed E-state index contributed by atoms with van der Waals surface area (Å²) in [6.45, 7) is 1.69. The number of nitrogens with one attached hydrogen (secondary N) is 1. The van der Waals surface area contributed by atoms with Gasteiger partial charge in [-0.2, -0.15) is 15.2 Å². The smallest absolute Gasteiger partial charge is 0.274 e. The van der Waals surface area contributed by atoms with E-state index in [1.807, 2.05) is 6.07 Å². The molecule has 0 bridgehead atoms. The largest absolute Gasteiger partial charge is 0.382 e. The second kappa shape index (κ2) is 9.27. The maximum absolute atomic E-state index is 13.9. The van der Waals surface area contributed by atoms with Crippen molar-refractivity contribution in [2.45, 2.75) is 13.0 Å². The van der Waals surface area contributed by atoms with Gasteiger partial charge >= 0.3 is 0 Å². The third-order valence-corrected chi connectivity index (χ3v) is 5.95. The minimum Gasteiger partial charge on any atom is -0.382 e. The lowest BCUT2D eigenvalue weighted by atomic mass is 10.2. The molecule has 5 aromatic heterocycles. The molecule has 1 amide bonds. The molecule has 0 fully saturated rings. The lowest BCUT2D eigenvalue weighted by Gasteiger charge is -2.18. The molecule has 1 atom stereocenters. The van der Waals surface area contributed by atoms with Crippen molar-refractivity contribution in [1.82, 2.24) is 44.4 Å². The first kappa shape index (κ1) is 23.6. The van der Waals surface area contributed by atoms with E-state index in [2.05, 4.69) is 42.5 Å². The molecule has 0 aliphatic carbocycles. The molecule has 13 nitrogen and oxygen atoms in total. The van der Waals surface area contributed by atoms with Crippen molar-refractivity contribution in [2.24, 2.45) is 7.05 Å². The minimum absolute atomic E-state index is 0.00486. The fourth-order valence-corrected chi connectivity index (χ4v) is 4.19. The van der Waals surface area contributed by atoms with Crippen LogP contribution < -0.4 is 16.6 Å². The number of para-hydroxylation sites is 1. The standard InChI is InChI=1S/C26H20N10O3/c1-15(30-24(37)21-22(27)31-19-9-6-12-28-36(19)21)23-32-25-20(26(38)35(23)17-7-4-3-5-8-17)18(33-39-25)11-10-16-13-29-34(2)14-16/h3-9,12-15H,27H2,1-2H3,(H,30,37). The predicted molar refractivity (Wildman–Crippen MR) is 140 cm³/mol. The number of benzene rings is 1. The zero-order valence-electron chi connectivity index (χ0n) is 20.7.